The Hall–Kier alpha value is -1.14. The molecule has 0 aliphatic rings. The first-order chi connectivity index (χ1) is 9.56. The number of nitrogens with zero attached hydrogens (tertiary/aromatic N) is 2. The van der Waals surface area contributed by atoms with Crippen LogP contribution in [-0.2, 0) is 10.0 Å². The lowest BCUT2D eigenvalue weighted by molar-refractivity contribution is 0.418. The number of sulfonamides is 1. The standard InChI is InChI=1S/C14H25N3O2S/c1-4-7-11-17(6-3)20(18,19)13-8-9-14(16-12-13)15-10-5-2/h8-9,12H,4-7,10-11H2,1-3H3,(H,15,16). The highest BCUT2D eigenvalue weighted by molar-refractivity contribution is 7.89. The van der Waals surface area contributed by atoms with Crippen molar-refractivity contribution in [2.45, 2.75) is 44.9 Å². The summed E-state index contributed by atoms with van der Waals surface area (Å²) in [4.78, 5) is 4.42. The third-order valence-corrected chi connectivity index (χ3v) is 5.00. The zero-order chi connectivity index (χ0) is 15.0. The van der Waals surface area contributed by atoms with Crippen molar-refractivity contribution in [2.75, 3.05) is 25.0 Å². The molecule has 0 fully saturated rings. The highest BCUT2D eigenvalue weighted by Crippen LogP contribution is 2.16. The molecule has 5 nitrogen and oxygen atoms in total. The van der Waals surface area contributed by atoms with Crippen LogP contribution < -0.4 is 5.32 Å². The maximum Gasteiger partial charge on any atom is 0.244 e. The summed E-state index contributed by atoms with van der Waals surface area (Å²) in [5.41, 5.74) is 0. The minimum atomic E-state index is -3.42. The first kappa shape index (κ1) is 16.9. The van der Waals surface area contributed by atoms with Gasteiger partial charge in [0.15, 0.2) is 0 Å². The molecule has 1 aromatic heterocycles. The van der Waals surface area contributed by atoms with Crippen LogP contribution in [0.5, 0.6) is 0 Å². The minimum absolute atomic E-state index is 0.262. The van der Waals surface area contributed by atoms with Gasteiger partial charge in [0, 0.05) is 25.8 Å². The largest absolute Gasteiger partial charge is 0.370 e. The fraction of sp³-hybridized carbons (Fsp3) is 0.643. The SMILES string of the molecule is CCCCN(CC)S(=O)(=O)c1ccc(NCCC)nc1. The van der Waals surface area contributed by atoms with E-state index >= 15 is 0 Å². The van der Waals surface area contributed by atoms with Crippen LogP contribution in [0.3, 0.4) is 0 Å². The summed E-state index contributed by atoms with van der Waals surface area (Å²) in [6.45, 7) is 7.85. The fourth-order valence-corrected chi connectivity index (χ4v) is 3.26. The second kappa shape index (κ2) is 8.21. The van der Waals surface area contributed by atoms with E-state index in [-0.39, 0.29) is 4.90 Å². The lowest BCUT2D eigenvalue weighted by Crippen LogP contribution is -2.31. The molecular weight excluding hydrogens is 274 g/mol. The summed E-state index contributed by atoms with van der Waals surface area (Å²) in [5, 5.41) is 3.13. The van der Waals surface area contributed by atoms with Crippen molar-refractivity contribution < 1.29 is 8.42 Å². The topological polar surface area (TPSA) is 62.3 Å². The normalized spacial score (nSPS) is 11.8. The number of anilines is 1. The average Bonchev–Trinajstić information content (AvgIpc) is 2.46. The van der Waals surface area contributed by atoms with Crippen LogP contribution in [0.2, 0.25) is 0 Å². The molecule has 1 heterocycles. The molecule has 20 heavy (non-hydrogen) atoms. The maximum absolute atomic E-state index is 12.5. The number of hydrogen-bond acceptors (Lipinski definition) is 4. The van der Waals surface area contributed by atoms with Gasteiger partial charge in [-0.2, -0.15) is 4.31 Å². The zero-order valence-corrected chi connectivity index (χ0v) is 13.4. The van der Waals surface area contributed by atoms with Gasteiger partial charge < -0.3 is 5.32 Å². The lowest BCUT2D eigenvalue weighted by Gasteiger charge is -2.20. The number of hydrogen-bond donors (Lipinski definition) is 1. The van der Waals surface area contributed by atoms with Crippen molar-refractivity contribution in [3.8, 4) is 0 Å². The monoisotopic (exact) mass is 299 g/mol. The van der Waals surface area contributed by atoms with Gasteiger partial charge in [-0.05, 0) is 25.0 Å². The van der Waals surface area contributed by atoms with Crippen molar-refractivity contribution in [2.24, 2.45) is 0 Å². The molecule has 1 aromatic rings. The first-order valence-electron chi connectivity index (χ1n) is 7.26. The van der Waals surface area contributed by atoms with E-state index in [4.69, 9.17) is 0 Å². The Kier molecular flexibility index (Phi) is 6.95. The van der Waals surface area contributed by atoms with E-state index in [9.17, 15) is 8.42 Å². The Labute approximate surface area is 122 Å². The van der Waals surface area contributed by atoms with Crippen molar-refractivity contribution in [3.63, 3.8) is 0 Å². The Balaban J connectivity index is 2.85. The molecule has 0 saturated heterocycles. The number of aromatic nitrogens is 1. The van der Waals surface area contributed by atoms with E-state index in [1.54, 1.807) is 12.1 Å². The van der Waals surface area contributed by atoms with Crippen LogP contribution in [0.25, 0.3) is 0 Å². The molecule has 0 aliphatic carbocycles. The summed E-state index contributed by atoms with van der Waals surface area (Å²) in [7, 11) is -3.42. The quantitative estimate of drug-likeness (QED) is 0.761. The summed E-state index contributed by atoms with van der Waals surface area (Å²) in [6.07, 6.45) is 4.28. The average molecular weight is 299 g/mol. The molecule has 0 aliphatic heterocycles. The van der Waals surface area contributed by atoms with Crippen molar-refractivity contribution >= 4 is 15.8 Å². The van der Waals surface area contributed by atoms with Crippen molar-refractivity contribution in [1.29, 1.82) is 0 Å². The van der Waals surface area contributed by atoms with Crippen LogP contribution in [0.15, 0.2) is 23.2 Å². The van der Waals surface area contributed by atoms with Crippen LogP contribution in [0, 0.1) is 0 Å². The summed E-state index contributed by atoms with van der Waals surface area (Å²) in [5.74, 6) is 0.711. The van der Waals surface area contributed by atoms with Crippen LogP contribution in [0.4, 0.5) is 5.82 Å². The Morgan fingerprint density at radius 2 is 1.95 bits per heavy atom. The van der Waals surface area contributed by atoms with Gasteiger partial charge in [-0.3, -0.25) is 0 Å². The minimum Gasteiger partial charge on any atom is -0.370 e. The third-order valence-electron chi connectivity index (χ3n) is 3.04. The smallest absolute Gasteiger partial charge is 0.244 e. The van der Waals surface area contributed by atoms with Gasteiger partial charge in [0.1, 0.15) is 10.7 Å². The van der Waals surface area contributed by atoms with Gasteiger partial charge in [-0.25, -0.2) is 13.4 Å². The van der Waals surface area contributed by atoms with Gasteiger partial charge in [0.05, 0.1) is 0 Å². The molecule has 0 bridgehead atoms. The molecule has 0 aromatic carbocycles. The number of pyridine rings is 1. The molecule has 0 spiro atoms. The molecule has 0 amide bonds. The van der Waals surface area contributed by atoms with Crippen LogP contribution in [0.1, 0.15) is 40.0 Å². The van der Waals surface area contributed by atoms with Gasteiger partial charge in [-0.1, -0.05) is 27.2 Å². The van der Waals surface area contributed by atoms with E-state index in [1.807, 2.05) is 6.92 Å². The Bertz CT molecular complexity index is 486. The van der Waals surface area contributed by atoms with Crippen molar-refractivity contribution in [1.82, 2.24) is 9.29 Å². The molecular formula is C14H25N3O2S. The second-order valence-electron chi connectivity index (χ2n) is 4.66. The number of nitrogens with one attached hydrogen (secondary N) is 1. The van der Waals surface area contributed by atoms with E-state index < -0.39 is 10.0 Å². The van der Waals surface area contributed by atoms with Gasteiger partial charge in [0.2, 0.25) is 10.0 Å². The molecule has 0 saturated carbocycles. The highest BCUT2D eigenvalue weighted by atomic mass is 32.2. The lowest BCUT2D eigenvalue weighted by atomic mass is 10.3. The first-order valence-corrected chi connectivity index (χ1v) is 8.70. The maximum atomic E-state index is 12.5. The van der Waals surface area contributed by atoms with E-state index in [2.05, 4.69) is 24.1 Å². The van der Waals surface area contributed by atoms with E-state index in [1.165, 1.54) is 10.5 Å². The fourth-order valence-electron chi connectivity index (χ4n) is 1.82. The predicted octanol–water partition coefficient (Wildman–Crippen LogP) is 2.71. The summed E-state index contributed by atoms with van der Waals surface area (Å²) < 4.78 is 26.4. The molecule has 0 atom stereocenters. The molecule has 1 rings (SSSR count). The zero-order valence-electron chi connectivity index (χ0n) is 12.6. The molecule has 6 heteroatoms. The third kappa shape index (κ3) is 4.45. The predicted molar refractivity (Wildman–Crippen MR) is 82.4 cm³/mol. The van der Waals surface area contributed by atoms with Gasteiger partial charge >= 0.3 is 0 Å². The molecule has 1 N–H and O–H groups in total. The van der Waals surface area contributed by atoms with E-state index in [0.717, 1.165) is 25.8 Å². The van der Waals surface area contributed by atoms with Gasteiger partial charge in [-0.15, -0.1) is 0 Å². The number of unbranched alkanes of at least 4 members (excludes halogenated alkanes) is 1. The van der Waals surface area contributed by atoms with Crippen LogP contribution >= 0.6 is 0 Å². The summed E-state index contributed by atoms with van der Waals surface area (Å²) >= 11 is 0. The second-order valence-corrected chi connectivity index (χ2v) is 6.59. The molecule has 114 valence electrons. The van der Waals surface area contributed by atoms with Gasteiger partial charge in [0.25, 0.3) is 0 Å². The van der Waals surface area contributed by atoms with Crippen LogP contribution in [-0.4, -0.2) is 37.3 Å². The summed E-state index contributed by atoms with van der Waals surface area (Å²) in [6, 6.07) is 3.34. The Morgan fingerprint density at radius 3 is 2.45 bits per heavy atom. The number of rotatable bonds is 9. The Morgan fingerprint density at radius 1 is 1.20 bits per heavy atom. The highest BCUT2D eigenvalue weighted by Gasteiger charge is 2.22. The molecule has 0 unspecified atom stereocenters. The molecule has 0 radical (unpaired) electrons. The van der Waals surface area contributed by atoms with Crippen molar-refractivity contribution in [3.05, 3.63) is 18.3 Å². The van der Waals surface area contributed by atoms with E-state index in [0.29, 0.717) is 18.9 Å².